The summed E-state index contributed by atoms with van der Waals surface area (Å²) >= 11 is 0. The summed E-state index contributed by atoms with van der Waals surface area (Å²) in [5.41, 5.74) is 3.22. The average molecular weight is 268 g/mol. The van der Waals surface area contributed by atoms with E-state index in [0.29, 0.717) is 0 Å². The maximum Gasteiger partial charge on any atom is 0.339 e. The van der Waals surface area contributed by atoms with Crippen molar-refractivity contribution in [2.45, 2.75) is 6.92 Å². The fourth-order valence-electron chi connectivity index (χ4n) is 2.33. The van der Waals surface area contributed by atoms with Crippen LogP contribution in [0.4, 0.5) is 0 Å². The van der Waals surface area contributed by atoms with Crippen LogP contribution >= 0.6 is 0 Å². The van der Waals surface area contributed by atoms with Crippen LogP contribution < -0.4 is 0 Å². The molecule has 0 fully saturated rings. The summed E-state index contributed by atoms with van der Waals surface area (Å²) in [7, 11) is 0. The van der Waals surface area contributed by atoms with E-state index in [4.69, 9.17) is 9.52 Å². The summed E-state index contributed by atoms with van der Waals surface area (Å²) in [5.74, 6) is -1.40. The molecule has 100 valence electrons. The van der Waals surface area contributed by atoms with Crippen LogP contribution in [0.25, 0.3) is 22.1 Å². The molecule has 1 heterocycles. The van der Waals surface area contributed by atoms with E-state index in [-0.39, 0.29) is 11.3 Å². The number of aryl methyl sites for hydroxylation is 1. The molecule has 0 spiro atoms. The Kier molecular flexibility index (Phi) is 2.71. The number of aromatic hydroxyl groups is 1. The molecule has 0 aliphatic rings. The van der Waals surface area contributed by atoms with E-state index in [1.54, 1.807) is 12.3 Å². The number of hydrogen-bond acceptors (Lipinski definition) is 3. The summed E-state index contributed by atoms with van der Waals surface area (Å²) in [6.07, 6.45) is 1.61. The van der Waals surface area contributed by atoms with E-state index in [2.05, 4.69) is 0 Å². The number of furan rings is 1. The highest BCUT2D eigenvalue weighted by Crippen LogP contribution is 2.33. The molecule has 0 aliphatic heterocycles. The molecule has 0 bridgehead atoms. The zero-order valence-corrected chi connectivity index (χ0v) is 10.8. The number of fused-ring (bicyclic) bond motifs is 1. The summed E-state index contributed by atoms with van der Waals surface area (Å²) in [6, 6.07) is 10.3. The highest BCUT2D eigenvalue weighted by molar-refractivity contribution is 5.96. The van der Waals surface area contributed by atoms with Crippen LogP contribution in [0.5, 0.6) is 5.75 Å². The summed E-state index contributed by atoms with van der Waals surface area (Å²) in [5, 5.41) is 19.7. The molecule has 0 amide bonds. The van der Waals surface area contributed by atoms with Crippen molar-refractivity contribution < 1.29 is 19.4 Å². The molecule has 2 aromatic carbocycles. The number of rotatable bonds is 2. The lowest BCUT2D eigenvalue weighted by Crippen LogP contribution is -1.96. The maximum atomic E-state index is 10.9. The molecule has 1 aromatic heterocycles. The first-order valence-corrected chi connectivity index (χ1v) is 6.11. The van der Waals surface area contributed by atoms with Gasteiger partial charge >= 0.3 is 5.97 Å². The Hall–Kier alpha value is -2.75. The quantitative estimate of drug-likeness (QED) is 0.741. The van der Waals surface area contributed by atoms with Crippen molar-refractivity contribution in [3.8, 4) is 16.9 Å². The van der Waals surface area contributed by atoms with E-state index < -0.39 is 5.97 Å². The van der Waals surface area contributed by atoms with Gasteiger partial charge in [-0.25, -0.2) is 4.79 Å². The minimum absolute atomic E-state index is 0.114. The van der Waals surface area contributed by atoms with Crippen molar-refractivity contribution >= 4 is 16.9 Å². The van der Waals surface area contributed by atoms with Crippen LogP contribution in [0.3, 0.4) is 0 Å². The van der Waals surface area contributed by atoms with Crippen LogP contribution in [0.1, 0.15) is 15.9 Å². The van der Waals surface area contributed by atoms with Gasteiger partial charge in [0.25, 0.3) is 0 Å². The van der Waals surface area contributed by atoms with Gasteiger partial charge in [-0.2, -0.15) is 0 Å². The number of benzene rings is 2. The average Bonchev–Trinajstić information content (AvgIpc) is 2.85. The molecule has 20 heavy (non-hydrogen) atoms. The van der Waals surface area contributed by atoms with E-state index >= 15 is 0 Å². The third-order valence-electron chi connectivity index (χ3n) is 3.23. The monoisotopic (exact) mass is 268 g/mol. The highest BCUT2D eigenvalue weighted by atomic mass is 16.4. The van der Waals surface area contributed by atoms with E-state index in [1.807, 2.05) is 25.1 Å². The molecule has 0 unspecified atom stereocenters. The number of carboxylic acids is 1. The molecule has 0 radical (unpaired) electrons. The molecule has 0 atom stereocenters. The first-order chi connectivity index (χ1) is 9.56. The van der Waals surface area contributed by atoms with Crippen LogP contribution in [-0.2, 0) is 0 Å². The Morgan fingerprint density at radius 3 is 2.65 bits per heavy atom. The Balaban J connectivity index is 2.23. The predicted octanol–water partition coefficient (Wildman–Crippen LogP) is 3.81. The van der Waals surface area contributed by atoms with Gasteiger partial charge < -0.3 is 14.6 Å². The molecule has 0 aliphatic carbocycles. The number of carbonyl (C=O) groups is 1. The van der Waals surface area contributed by atoms with Gasteiger partial charge in [0.15, 0.2) is 0 Å². The molecule has 3 aromatic rings. The van der Waals surface area contributed by atoms with Gasteiger partial charge in [0.05, 0.1) is 6.26 Å². The van der Waals surface area contributed by atoms with Gasteiger partial charge in [0.2, 0.25) is 0 Å². The molecule has 4 heteroatoms. The standard InChI is InChI=1S/C16H12O4/c1-9-6-11-4-5-20-15(11)13(7-9)10-2-3-12(16(18)19)14(17)8-10/h2-8,17H,1H3,(H,18,19). The zero-order chi connectivity index (χ0) is 14.3. The Morgan fingerprint density at radius 2 is 1.95 bits per heavy atom. The van der Waals surface area contributed by atoms with Gasteiger partial charge in [0, 0.05) is 10.9 Å². The third-order valence-corrected chi connectivity index (χ3v) is 3.23. The Labute approximate surface area is 114 Å². The first-order valence-electron chi connectivity index (χ1n) is 6.11. The lowest BCUT2D eigenvalue weighted by atomic mass is 9.99. The summed E-state index contributed by atoms with van der Waals surface area (Å²) < 4.78 is 5.48. The fraction of sp³-hybridized carbons (Fsp3) is 0.0625. The van der Waals surface area contributed by atoms with Crippen LogP contribution in [0.2, 0.25) is 0 Å². The Morgan fingerprint density at radius 1 is 1.15 bits per heavy atom. The van der Waals surface area contributed by atoms with Crippen molar-refractivity contribution in [2.75, 3.05) is 0 Å². The zero-order valence-electron chi connectivity index (χ0n) is 10.8. The summed E-state index contributed by atoms with van der Waals surface area (Å²) in [4.78, 5) is 10.9. The third kappa shape index (κ3) is 1.91. The van der Waals surface area contributed by atoms with Crippen molar-refractivity contribution in [3.63, 3.8) is 0 Å². The number of aromatic carboxylic acids is 1. The van der Waals surface area contributed by atoms with Gasteiger partial charge in [-0.05, 0) is 48.4 Å². The molecular weight excluding hydrogens is 256 g/mol. The van der Waals surface area contributed by atoms with E-state index in [1.165, 1.54) is 12.1 Å². The predicted molar refractivity (Wildman–Crippen MR) is 75.0 cm³/mol. The molecule has 4 nitrogen and oxygen atoms in total. The van der Waals surface area contributed by atoms with Crippen molar-refractivity contribution in [1.82, 2.24) is 0 Å². The fourth-order valence-corrected chi connectivity index (χ4v) is 2.33. The molecule has 0 saturated carbocycles. The minimum atomic E-state index is -1.15. The van der Waals surface area contributed by atoms with Crippen LogP contribution in [-0.4, -0.2) is 16.2 Å². The van der Waals surface area contributed by atoms with E-state index in [0.717, 1.165) is 27.7 Å². The number of hydrogen-bond donors (Lipinski definition) is 2. The first kappa shape index (κ1) is 12.3. The largest absolute Gasteiger partial charge is 0.507 e. The molecule has 0 saturated heterocycles. The topological polar surface area (TPSA) is 70.7 Å². The van der Waals surface area contributed by atoms with Crippen LogP contribution in [0, 0.1) is 6.92 Å². The smallest absolute Gasteiger partial charge is 0.339 e. The second-order valence-electron chi connectivity index (χ2n) is 4.69. The Bertz CT molecular complexity index is 814. The number of phenols is 1. The lowest BCUT2D eigenvalue weighted by molar-refractivity contribution is 0.0694. The molecule has 2 N–H and O–H groups in total. The van der Waals surface area contributed by atoms with Crippen molar-refractivity contribution in [2.24, 2.45) is 0 Å². The SMILES string of the molecule is Cc1cc(-c2ccc(C(=O)O)c(O)c2)c2occc2c1. The maximum absolute atomic E-state index is 10.9. The normalized spacial score (nSPS) is 10.8. The van der Waals surface area contributed by atoms with Gasteiger partial charge in [-0.15, -0.1) is 0 Å². The second-order valence-corrected chi connectivity index (χ2v) is 4.69. The van der Waals surface area contributed by atoms with E-state index in [9.17, 15) is 9.90 Å². The van der Waals surface area contributed by atoms with Crippen molar-refractivity contribution in [1.29, 1.82) is 0 Å². The highest BCUT2D eigenvalue weighted by Gasteiger charge is 2.13. The van der Waals surface area contributed by atoms with Gasteiger partial charge in [-0.3, -0.25) is 0 Å². The minimum Gasteiger partial charge on any atom is -0.507 e. The lowest BCUT2D eigenvalue weighted by Gasteiger charge is -2.07. The van der Waals surface area contributed by atoms with Crippen molar-refractivity contribution in [3.05, 3.63) is 53.8 Å². The van der Waals surface area contributed by atoms with Gasteiger partial charge in [0.1, 0.15) is 16.9 Å². The number of carboxylic acid groups (broad SMARTS) is 1. The van der Waals surface area contributed by atoms with Gasteiger partial charge in [-0.1, -0.05) is 6.07 Å². The summed E-state index contributed by atoms with van der Waals surface area (Å²) in [6.45, 7) is 1.97. The van der Waals surface area contributed by atoms with Crippen LogP contribution in [0.15, 0.2) is 47.1 Å². The molecular formula is C16H12O4. The molecule has 3 rings (SSSR count). The second kappa shape index (κ2) is 4.42.